The number of nitro benzene ring substituents is 1. The maximum atomic E-state index is 10.8. The number of hydrogen-bond acceptors (Lipinski definition) is 5. The van der Waals surface area contributed by atoms with Crippen molar-refractivity contribution in [1.29, 1.82) is 0 Å². The molecule has 2 rings (SSSR count). The lowest BCUT2D eigenvalue weighted by molar-refractivity contribution is -0.384. The number of rotatable bonds is 5. The summed E-state index contributed by atoms with van der Waals surface area (Å²) in [6.07, 6.45) is 0. The van der Waals surface area contributed by atoms with Gasteiger partial charge in [-0.15, -0.1) is 0 Å². The van der Waals surface area contributed by atoms with Crippen molar-refractivity contribution in [3.05, 3.63) is 39.9 Å². The van der Waals surface area contributed by atoms with E-state index in [-0.39, 0.29) is 28.7 Å². The zero-order valence-corrected chi connectivity index (χ0v) is 12.6. The van der Waals surface area contributed by atoms with Gasteiger partial charge >= 0.3 is 0 Å². The summed E-state index contributed by atoms with van der Waals surface area (Å²) < 4.78 is 0. The minimum absolute atomic E-state index is 0.0467. The Morgan fingerprint density at radius 1 is 1.33 bits per heavy atom. The smallest absolute Gasteiger partial charge is 0.269 e. The molecule has 0 bridgehead atoms. The fraction of sp³-hybridized carbons (Fsp3) is 0.600. The van der Waals surface area contributed by atoms with E-state index in [2.05, 4.69) is 10.2 Å². The number of benzene rings is 1. The lowest BCUT2D eigenvalue weighted by Gasteiger charge is -2.43. The van der Waals surface area contributed by atoms with Crippen molar-refractivity contribution in [2.75, 3.05) is 32.8 Å². The molecule has 0 amide bonds. The van der Waals surface area contributed by atoms with Gasteiger partial charge in [0.2, 0.25) is 0 Å². The summed E-state index contributed by atoms with van der Waals surface area (Å²) in [6.45, 7) is 7.78. The summed E-state index contributed by atoms with van der Waals surface area (Å²) in [7, 11) is 0. The summed E-state index contributed by atoms with van der Waals surface area (Å²) >= 11 is 0. The van der Waals surface area contributed by atoms with Crippen molar-refractivity contribution in [3.63, 3.8) is 0 Å². The Labute approximate surface area is 124 Å². The molecular formula is C15H23N3O3. The van der Waals surface area contributed by atoms with Crippen LogP contribution in [0.1, 0.15) is 25.5 Å². The van der Waals surface area contributed by atoms with Crippen LogP contribution >= 0.6 is 0 Å². The first kappa shape index (κ1) is 15.9. The zero-order chi connectivity index (χ0) is 15.5. The zero-order valence-electron chi connectivity index (χ0n) is 12.6. The number of piperazine rings is 1. The molecule has 1 aliphatic rings. The minimum Gasteiger partial charge on any atom is -0.396 e. The standard InChI is InChI=1S/C15H23N3O3/c1-15(2,11-19)14(17-9-7-16-8-10-17)12-3-5-13(6-4-12)18(20)21/h3-6,14,16,19H,7-11H2,1-2H3/t14-/m1/s1. The molecule has 0 radical (unpaired) electrons. The highest BCUT2D eigenvalue weighted by Gasteiger charge is 2.35. The average Bonchev–Trinajstić information content (AvgIpc) is 2.49. The van der Waals surface area contributed by atoms with Crippen LogP contribution in [0.5, 0.6) is 0 Å². The van der Waals surface area contributed by atoms with Crippen molar-refractivity contribution in [2.24, 2.45) is 5.41 Å². The molecule has 21 heavy (non-hydrogen) atoms. The first-order chi connectivity index (χ1) is 9.95. The largest absolute Gasteiger partial charge is 0.396 e. The van der Waals surface area contributed by atoms with Crippen molar-refractivity contribution >= 4 is 5.69 Å². The molecule has 1 aromatic rings. The van der Waals surface area contributed by atoms with Crippen LogP contribution in [0.15, 0.2) is 24.3 Å². The number of non-ortho nitro benzene ring substituents is 1. The van der Waals surface area contributed by atoms with E-state index < -0.39 is 0 Å². The normalized spacial score (nSPS) is 18.4. The molecule has 0 saturated carbocycles. The van der Waals surface area contributed by atoms with Gasteiger partial charge < -0.3 is 10.4 Å². The van der Waals surface area contributed by atoms with Gasteiger partial charge in [-0.25, -0.2) is 0 Å². The second-order valence-corrected chi connectivity index (χ2v) is 6.18. The van der Waals surface area contributed by atoms with Crippen LogP contribution in [0.2, 0.25) is 0 Å². The topological polar surface area (TPSA) is 78.6 Å². The maximum absolute atomic E-state index is 10.8. The lowest BCUT2D eigenvalue weighted by atomic mass is 9.79. The molecule has 0 unspecified atom stereocenters. The van der Waals surface area contributed by atoms with Gasteiger partial charge in [-0.1, -0.05) is 26.0 Å². The van der Waals surface area contributed by atoms with Crippen LogP contribution in [0.4, 0.5) is 5.69 Å². The van der Waals surface area contributed by atoms with E-state index in [4.69, 9.17) is 0 Å². The second kappa shape index (κ2) is 6.51. The summed E-state index contributed by atoms with van der Waals surface area (Å²) in [4.78, 5) is 12.7. The van der Waals surface area contributed by atoms with Gasteiger partial charge in [0.25, 0.3) is 5.69 Å². The van der Waals surface area contributed by atoms with Crippen molar-refractivity contribution in [1.82, 2.24) is 10.2 Å². The summed E-state index contributed by atoms with van der Waals surface area (Å²) in [5.74, 6) is 0. The molecule has 0 aromatic heterocycles. The average molecular weight is 293 g/mol. The molecule has 0 spiro atoms. The van der Waals surface area contributed by atoms with E-state index in [9.17, 15) is 15.2 Å². The number of aliphatic hydroxyl groups excluding tert-OH is 1. The first-order valence-corrected chi connectivity index (χ1v) is 7.26. The van der Waals surface area contributed by atoms with E-state index in [1.165, 1.54) is 12.1 Å². The number of nitro groups is 1. The van der Waals surface area contributed by atoms with Gasteiger partial charge in [0.15, 0.2) is 0 Å². The van der Waals surface area contributed by atoms with Crippen LogP contribution in [-0.4, -0.2) is 47.7 Å². The van der Waals surface area contributed by atoms with E-state index in [1.54, 1.807) is 0 Å². The number of aliphatic hydroxyl groups is 1. The molecule has 1 aliphatic heterocycles. The predicted octanol–water partition coefficient (Wildman–Crippen LogP) is 1.56. The quantitative estimate of drug-likeness (QED) is 0.636. The van der Waals surface area contributed by atoms with Crippen LogP contribution in [-0.2, 0) is 0 Å². The Hall–Kier alpha value is -1.50. The molecule has 1 fully saturated rings. The number of nitrogens with zero attached hydrogens (tertiary/aromatic N) is 2. The SMILES string of the molecule is CC(C)(CO)[C@@H](c1ccc([N+](=O)[O-])cc1)N1CCNCC1. The molecule has 6 nitrogen and oxygen atoms in total. The van der Waals surface area contributed by atoms with Gasteiger partial charge in [-0.3, -0.25) is 15.0 Å². The van der Waals surface area contributed by atoms with E-state index in [1.807, 2.05) is 26.0 Å². The monoisotopic (exact) mass is 293 g/mol. The Bertz CT molecular complexity index is 481. The minimum atomic E-state index is -0.388. The van der Waals surface area contributed by atoms with E-state index in [0.29, 0.717) is 0 Å². The second-order valence-electron chi connectivity index (χ2n) is 6.18. The Morgan fingerprint density at radius 3 is 2.38 bits per heavy atom. The van der Waals surface area contributed by atoms with Crippen LogP contribution in [0.25, 0.3) is 0 Å². The van der Waals surface area contributed by atoms with Crippen molar-refractivity contribution in [2.45, 2.75) is 19.9 Å². The predicted molar refractivity (Wildman–Crippen MR) is 81.1 cm³/mol. The molecule has 2 N–H and O–H groups in total. The molecule has 1 heterocycles. The molecule has 1 saturated heterocycles. The third-order valence-corrected chi connectivity index (χ3v) is 4.08. The molecule has 6 heteroatoms. The van der Waals surface area contributed by atoms with Crippen molar-refractivity contribution in [3.8, 4) is 0 Å². The Kier molecular flexibility index (Phi) is 4.92. The van der Waals surface area contributed by atoms with Crippen LogP contribution < -0.4 is 5.32 Å². The summed E-state index contributed by atoms with van der Waals surface area (Å²) in [6, 6.07) is 6.74. The summed E-state index contributed by atoms with van der Waals surface area (Å²) in [5, 5.41) is 23.9. The van der Waals surface area contributed by atoms with Gasteiger partial charge in [0.05, 0.1) is 4.92 Å². The van der Waals surface area contributed by atoms with Gasteiger partial charge in [-0.05, 0) is 5.56 Å². The molecule has 1 atom stereocenters. The molecule has 116 valence electrons. The van der Waals surface area contributed by atoms with Gasteiger partial charge in [0.1, 0.15) is 0 Å². The highest BCUT2D eigenvalue weighted by atomic mass is 16.6. The third kappa shape index (κ3) is 3.58. The van der Waals surface area contributed by atoms with Gasteiger partial charge in [0, 0.05) is 56.4 Å². The third-order valence-electron chi connectivity index (χ3n) is 4.08. The maximum Gasteiger partial charge on any atom is 0.269 e. The number of hydrogen-bond donors (Lipinski definition) is 2. The van der Waals surface area contributed by atoms with E-state index in [0.717, 1.165) is 31.7 Å². The Balaban J connectivity index is 2.32. The fourth-order valence-corrected chi connectivity index (χ4v) is 2.96. The van der Waals surface area contributed by atoms with Crippen LogP contribution in [0.3, 0.4) is 0 Å². The van der Waals surface area contributed by atoms with Gasteiger partial charge in [-0.2, -0.15) is 0 Å². The Morgan fingerprint density at radius 2 is 1.90 bits per heavy atom. The van der Waals surface area contributed by atoms with E-state index >= 15 is 0 Å². The highest BCUT2D eigenvalue weighted by molar-refractivity contribution is 5.35. The van der Waals surface area contributed by atoms with Crippen molar-refractivity contribution < 1.29 is 10.0 Å². The lowest BCUT2D eigenvalue weighted by Crippen LogP contribution is -2.49. The fourth-order valence-electron chi connectivity index (χ4n) is 2.96. The highest BCUT2D eigenvalue weighted by Crippen LogP contribution is 2.38. The first-order valence-electron chi connectivity index (χ1n) is 7.26. The molecule has 1 aromatic carbocycles. The molecular weight excluding hydrogens is 270 g/mol. The molecule has 0 aliphatic carbocycles. The van der Waals surface area contributed by atoms with Crippen LogP contribution in [0, 0.1) is 15.5 Å². The number of nitrogens with one attached hydrogen (secondary N) is 1. The summed E-state index contributed by atoms with van der Waals surface area (Å²) in [5.41, 5.74) is 0.800.